The summed E-state index contributed by atoms with van der Waals surface area (Å²) in [7, 11) is 0. The van der Waals surface area contributed by atoms with Gasteiger partial charge in [-0.1, -0.05) is 11.6 Å². The van der Waals surface area contributed by atoms with Crippen molar-refractivity contribution in [2.75, 3.05) is 6.54 Å². The number of aliphatic imine (C=N–C) groups is 1. The molecule has 3 aromatic rings. The lowest BCUT2D eigenvalue weighted by Crippen LogP contribution is -2.28. The van der Waals surface area contributed by atoms with Crippen LogP contribution >= 0.6 is 23.4 Å². The zero-order valence-corrected chi connectivity index (χ0v) is 18.0. The average Bonchev–Trinajstić information content (AvgIpc) is 3.34. The normalized spacial score (nSPS) is 16.5. The highest BCUT2D eigenvalue weighted by atomic mass is 35.5. The number of thioether (sulfide) groups is 1. The van der Waals surface area contributed by atoms with E-state index in [9.17, 15) is 9.59 Å². The molecule has 1 aromatic heterocycles. The standard InChI is InChI=1S/C23H17ClN2O4S/c1-2-26-21(27)20(31-23(26)25-17-9-5-15(6-10-17)22(28)29)13-18-11-12-19(30-18)14-3-7-16(24)8-4-14/h3-13H,2H2,1H3,(H,28,29). The molecule has 4 rings (SSSR count). The van der Waals surface area contributed by atoms with Crippen LogP contribution in [0, 0.1) is 0 Å². The summed E-state index contributed by atoms with van der Waals surface area (Å²) in [6, 6.07) is 17.2. The number of amides is 1. The van der Waals surface area contributed by atoms with Crippen molar-refractivity contribution in [1.29, 1.82) is 0 Å². The van der Waals surface area contributed by atoms with Gasteiger partial charge in [0.05, 0.1) is 16.2 Å². The summed E-state index contributed by atoms with van der Waals surface area (Å²) in [5, 5.41) is 10.2. The van der Waals surface area contributed by atoms with Crippen LogP contribution in [-0.4, -0.2) is 33.6 Å². The van der Waals surface area contributed by atoms with E-state index in [1.807, 2.05) is 25.1 Å². The number of amidine groups is 1. The van der Waals surface area contributed by atoms with E-state index in [1.165, 1.54) is 23.9 Å². The molecule has 0 saturated carbocycles. The monoisotopic (exact) mass is 452 g/mol. The first-order valence-corrected chi connectivity index (χ1v) is 10.6. The van der Waals surface area contributed by atoms with Crippen molar-refractivity contribution in [1.82, 2.24) is 4.90 Å². The first-order chi connectivity index (χ1) is 14.9. The van der Waals surface area contributed by atoms with Gasteiger partial charge in [0.25, 0.3) is 5.91 Å². The Bertz CT molecular complexity index is 1200. The van der Waals surface area contributed by atoms with Crippen LogP contribution in [0.5, 0.6) is 0 Å². The lowest BCUT2D eigenvalue weighted by atomic mass is 10.2. The van der Waals surface area contributed by atoms with Crippen LogP contribution in [-0.2, 0) is 4.79 Å². The summed E-state index contributed by atoms with van der Waals surface area (Å²) < 4.78 is 5.88. The molecule has 1 saturated heterocycles. The molecule has 0 atom stereocenters. The van der Waals surface area contributed by atoms with Gasteiger partial charge in [0.1, 0.15) is 11.5 Å². The minimum absolute atomic E-state index is 0.155. The Kier molecular flexibility index (Phi) is 5.97. The molecule has 0 aliphatic carbocycles. The predicted octanol–water partition coefficient (Wildman–Crippen LogP) is 5.92. The van der Waals surface area contributed by atoms with E-state index in [2.05, 4.69) is 4.99 Å². The second-order valence-corrected chi connectivity index (χ2v) is 8.06. The van der Waals surface area contributed by atoms with Crippen molar-refractivity contribution < 1.29 is 19.1 Å². The molecule has 1 amide bonds. The fourth-order valence-electron chi connectivity index (χ4n) is 2.99. The van der Waals surface area contributed by atoms with Crippen molar-refractivity contribution in [3.8, 4) is 11.3 Å². The number of rotatable bonds is 5. The maximum absolute atomic E-state index is 12.8. The Morgan fingerprint density at radius 3 is 2.48 bits per heavy atom. The van der Waals surface area contributed by atoms with E-state index < -0.39 is 5.97 Å². The third-order valence-corrected chi connectivity index (χ3v) is 5.83. The van der Waals surface area contributed by atoms with Crippen molar-refractivity contribution in [2.24, 2.45) is 4.99 Å². The fourth-order valence-corrected chi connectivity index (χ4v) is 4.16. The summed E-state index contributed by atoms with van der Waals surface area (Å²) in [6.07, 6.45) is 1.70. The summed E-state index contributed by atoms with van der Waals surface area (Å²) in [5.74, 6) is 0.0851. The number of carboxylic acid groups (broad SMARTS) is 1. The van der Waals surface area contributed by atoms with E-state index in [0.29, 0.717) is 38.8 Å². The first kappa shape index (κ1) is 21.0. The van der Waals surface area contributed by atoms with Crippen LogP contribution in [0.15, 0.2) is 75.0 Å². The maximum atomic E-state index is 12.8. The number of benzene rings is 2. The molecule has 1 aliphatic heterocycles. The van der Waals surface area contributed by atoms with E-state index >= 15 is 0 Å². The lowest BCUT2D eigenvalue weighted by molar-refractivity contribution is -0.122. The average molecular weight is 453 g/mol. The summed E-state index contributed by atoms with van der Waals surface area (Å²) in [4.78, 5) is 30.4. The van der Waals surface area contributed by atoms with Crippen molar-refractivity contribution >= 4 is 52.2 Å². The fraction of sp³-hybridized carbons (Fsp3) is 0.0870. The number of halogens is 1. The lowest BCUT2D eigenvalue weighted by Gasteiger charge is -2.11. The molecule has 1 fully saturated rings. The molecule has 1 N–H and O–H groups in total. The van der Waals surface area contributed by atoms with Crippen molar-refractivity contribution in [3.63, 3.8) is 0 Å². The second-order valence-electron chi connectivity index (χ2n) is 6.62. The molecule has 8 heteroatoms. The zero-order valence-electron chi connectivity index (χ0n) is 16.4. The highest BCUT2D eigenvalue weighted by Crippen LogP contribution is 2.35. The molecule has 2 aromatic carbocycles. The number of furan rings is 1. The van der Waals surface area contributed by atoms with Gasteiger partial charge in [-0.05, 0) is 79.3 Å². The Balaban J connectivity index is 1.58. The highest BCUT2D eigenvalue weighted by molar-refractivity contribution is 8.18. The molecular formula is C23H17ClN2O4S. The van der Waals surface area contributed by atoms with Crippen molar-refractivity contribution in [2.45, 2.75) is 6.92 Å². The molecule has 0 unspecified atom stereocenters. The van der Waals surface area contributed by atoms with Gasteiger partial charge >= 0.3 is 5.97 Å². The van der Waals surface area contributed by atoms with Crippen LogP contribution in [0.25, 0.3) is 17.4 Å². The number of aromatic carboxylic acids is 1. The molecule has 31 heavy (non-hydrogen) atoms. The number of carbonyl (C=O) groups excluding carboxylic acids is 1. The molecule has 2 heterocycles. The van der Waals surface area contributed by atoms with Crippen LogP contribution < -0.4 is 0 Å². The molecule has 156 valence electrons. The first-order valence-electron chi connectivity index (χ1n) is 9.44. The quantitative estimate of drug-likeness (QED) is 0.485. The third kappa shape index (κ3) is 4.57. The van der Waals surface area contributed by atoms with Crippen LogP contribution in [0.2, 0.25) is 5.02 Å². The van der Waals surface area contributed by atoms with Gasteiger partial charge in [-0.25, -0.2) is 9.79 Å². The number of carboxylic acids is 1. The highest BCUT2D eigenvalue weighted by Gasteiger charge is 2.32. The topological polar surface area (TPSA) is 83.1 Å². The van der Waals surface area contributed by atoms with Gasteiger partial charge in [0, 0.05) is 23.2 Å². The van der Waals surface area contributed by atoms with Crippen LogP contribution in [0.3, 0.4) is 0 Å². The number of nitrogens with zero attached hydrogens (tertiary/aromatic N) is 2. The Labute approximate surface area is 187 Å². The summed E-state index contributed by atoms with van der Waals surface area (Å²) in [6.45, 7) is 2.33. The van der Waals surface area contributed by atoms with Gasteiger partial charge in [-0.3, -0.25) is 9.69 Å². The maximum Gasteiger partial charge on any atom is 0.335 e. The molecule has 1 aliphatic rings. The number of hydrogen-bond acceptors (Lipinski definition) is 5. The number of likely N-dealkylation sites (N-methyl/N-ethyl adjacent to an activating group) is 1. The van der Waals surface area contributed by atoms with Gasteiger partial charge in [-0.2, -0.15) is 0 Å². The molecule has 0 radical (unpaired) electrons. The van der Waals surface area contributed by atoms with Crippen LogP contribution in [0.1, 0.15) is 23.0 Å². The molecular weight excluding hydrogens is 436 g/mol. The van der Waals surface area contributed by atoms with Crippen LogP contribution in [0.4, 0.5) is 5.69 Å². The van der Waals surface area contributed by atoms with Gasteiger partial charge in [-0.15, -0.1) is 0 Å². The summed E-state index contributed by atoms with van der Waals surface area (Å²) >= 11 is 7.18. The predicted molar refractivity (Wildman–Crippen MR) is 123 cm³/mol. The van der Waals surface area contributed by atoms with Gasteiger partial charge < -0.3 is 9.52 Å². The molecule has 6 nitrogen and oxygen atoms in total. The Morgan fingerprint density at radius 1 is 1.13 bits per heavy atom. The van der Waals surface area contributed by atoms with E-state index in [1.54, 1.807) is 41.3 Å². The SMILES string of the molecule is CCN1C(=O)C(=Cc2ccc(-c3ccc(Cl)cc3)o2)SC1=Nc1ccc(C(=O)O)cc1. The zero-order chi connectivity index (χ0) is 22.0. The molecule has 0 spiro atoms. The summed E-state index contributed by atoms with van der Waals surface area (Å²) in [5.41, 5.74) is 1.64. The Hall–Kier alpha value is -3.29. The third-order valence-electron chi connectivity index (χ3n) is 4.57. The number of hydrogen-bond donors (Lipinski definition) is 1. The largest absolute Gasteiger partial charge is 0.478 e. The minimum Gasteiger partial charge on any atom is -0.478 e. The number of carbonyl (C=O) groups is 2. The van der Waals surface area contributed by atoms with Crippen molar-refractivity contribution in [3.05, 3.63) is 81.9 Å². The minimum atomic E-state index is -0.999. The van der Waals surface area contributed by atoms with Gasteiger partial charge in [0.2, 0.25) is 0 Å². The Morgan fingerprint density at radius 2 is 1.84 bits per heavy atom. The van der Waals surface area contributed by atoms with E-state index in [4.69, 9.17) is 21.1 Å². The van der Waals surface area contributed by atoms with E-state index in [0.717, 1.165) is 5.56 Å². The second kappa shape index (κ2) is 8.83. The van der Waals surface area contributed by atoms with Gasteiger partial charge in [0.15, 0.2) is 5.17 Å². The molecule has 0 bridgehead atoms. The smallest absolute Gasteiger partial charge is 0.335 e. The van der Waals surface area contributed by atoms with E-state index in [-0.39, 0.29) is 11.5 Å².